The number of rotatable bonds is 8. The molecule has 1 aromatic heterocycles. The molecule has 0 saturated heterocycles. The Labute approximate surface area is 116 Å². The van der Waals surface area contributed by atoms with Gasteiger partial charge in [0.25, 0.3) is 0 Å². The normalized spacial score (nSPS) is 13.5. The summed E-state index contributed by atoms with van der Waals surface area (Å²) in [6, 6.07) is -1.52. The van der Waals surface area contributed by atoms with Gasteiger partial charge < -0.3 is 25.5 Å². The number of hydrogen-bond donors (Lipinski definition) is 4. The van der Waals surface area contributed by atoms with E-state index in [1.54, 1.807) is 7.11 Å². The minimum atomic E-state index is -1.10. The Morgan fingerprint density at radius 2 is 2.30 bits per heavy atom. The summed E-state index contributed by atoms with van der Waals surface area (Å²) in [5.41, 5.74) is 0.644. The Kier molecular flexibility index (Phi) is 6.51. The molecule has 0 spiro atoms. The van der Waals surface area contributed by atoms with E-state index in [2.05, 4.69) is 20.6 Å². The first kappa shape index (κ1) is 16.0. The van der Waals surface area contributed by atoms with E-state index >= 15 is 0 Å². The second-order valence-electron chi connectivity index (χ2n) is 4.59. The fraction of sp³-hybridized carbons (Fsp3) is 0.583. The second kappa shape index (κ2) is 8.16. The van der Waals surface area contributed by atoms with Gasteiger partial charge in [0.05, 0.1) is 12.9 Å². The minimum absolute atomic E-state index is 0.149. The van der Waals surface area contributed by atoms with Crippen LogP contribution in [0.25, 0.3) is 0 Å². The van der Waals surface area contributed by atoms with Crippen molar-refractivity contribution in [3.8, 4) is 0 Å². The van der Waals surface area contributed by atoms with Crippen LogP contribution in [0.3, 0.4) is 0 Å². The van der Waals surface area contributed by atoms with Gasteiger partial charge in [-0.3, -0.25) is 0 Å². The predicted octanol–water partition coefficient (Wildman–Crippen LogP) is -0.0129. The third-order valence-corrected chi connectivity index (χ3v) is 2.64. The Bertz CT molecular complexity index is 421. The Balaban J connectivity index is 2.41. The highest BCUT2D eigenvalue weighted by Gasteiger charge is 2.21. The van der Waals surface area contributed by atoms with Crippen LogP contribution in [0.4, 0.5) is 4.79 Å². The molecule has 0 aliphatic heterocycles. The number of carbonyl (C=O) groups excluding carboxylic acids is 1. The molecule has 0 aromatic carbocycles. The van der Waals surface area contributed by atoms with Gasteiger partial charge in [-0.2, -0.15) is 0 Å². The maximum atomic E-state index is 11.6. The Morgan fingerprint density at radius 3 is 2.85 bits per heavy atom. The third kappa shape index (κ3) is 5.70. The maximum Gasteiger partial charge on any atom is 0.326 e. The predicted molar refractivity (Wildman–Crippen MR) is 71.3 cm³/mol. The molecule has 8 heteroatoms. The molecule has 4 N–H and O–H groups in total. The van der Waals surface area contributed by atoms with Gasteiger partial charge in [0.15, 0.2) is 0 Å². The molecule has 2 atom stereocenters. The van der Waals surface area contributed by atoms with Crippen molar-refractivity contribution in [3.05, 3.63) is 18.2 Å². The molecule has 0 saturated carbocycles. The number of amides is 2. The van der Waals surface area contributed by atoms with Crippen molar-refractivity contribution in [2.45, 2.75) is 19.4 Å². The standard InChI is InChI=1S/C12H20N4O4/c1-8(6-20-2)4-14-12(19)16-10(11(17)18)3-9-5-13-7-15-9/h5,7-8,10H,3-4,6H2,1-2H3,(H,13,15)(H,17,18)(H2,14,16,19). The first-order valence-corrected chi connectivity index (χ1v) is 6.26. The van der Waals surface area contributed by atoms with Crippen molar-refractivity contribution in [1.82, 2.24) is 20.6 Å². The van der Waals surface area contributed by atoms with Crippen molar-refractivity contribution in [2.75, 3.05) is 20.3 Å². The topological polar surface area (TPSA) is 116 Å². The maximum absolute atomic E-state index is 11.6. The number of ether oxygens (including phenoxy) is 1. The lowest BCUT2D eigenvalue weighted by molar-refractivity contribution is -0.139. The summed E-state index contributed by atoms with van der Waals surface area (Å²) in [6.07, 6.45) is 3.13. The number of aromatic nitrogens is 2. The highest BCUT2D eigenvalue weighted by molar-refractivity contribution is 5.82. The smallest absolute Gasteiger partial charge is 0.326 e. The summed E-state index contributed by atoms with van der Waals surface area (Å²) < 4.78 is 4.95. The lowest BCUT2D eigenvalue weighted by Gasteiger charge is -2.16. The summed E-state index contributed by atoms with van der Waals surface area (Å²) in [5, 5.41) is 14.1. The minimum Gasteiger partial charge on any atom is -0.480 e. The summed E-state index contributed by atoms with van der Waals surface area (Å²) in [4.78, 5) is 29.4. The van der Waals surface area contributed by atoms with Crippen LogP contribution in [0.15, 0.2) is 12.5 Å². The number of H-pyrrole nitrogens is 1. The summed E-state index contributed by atoms with van der Waals surface area (Å²) in [7, 11) is 1.58. The first-order valence-electron chi connectivity index (χ1n) is 6.26. The molecule has 1 heterocycles. The van der Waals surface area contributed by atoms with Gasteiger partial charge in [0.2, 0.25) is 0 Å². The largest absolute Gasteiger partial charge is 0.480 e. The van der Waals surface area contributed by atoms with E-state index in [9.17, 15) is 9.59 Å². The van der Waals surface area contributed by atoms with Crippen molar-refractivity contribution in [1.29, 1.82) is 0 Å². The number of carbonyl (C=O) groups is 2. The van der Waals surface area contributed by atoms with Gasteiger partial charge in [0, 0.05) is 32.0 Å². The highest BCUT2D eigenvalue weighted by Crippen LogP contribution is 1.99. The zero-order chi connectivity index (χ0) is 15.0. The van der Waals surface area contributed by atoms with Crippen LogP contribution in [0.1, 0.15) is 12.6 Å². The number of aliphatic carboxylic acids is 1. The summed E-state index contributed by atoms with van der Waals surface area (Å²) in [5.74, 6) is -0.943. The lowest BCUT2D eigenvalue weighted by atomic mass is 10.1. The molecule has 2 unspecified atom stereocenters. The van der Waals surface area contributed by atoms with Crippen LogP contribution in [0, 0.1) is 5.92 Å². The van der Waals surface area contributed by atoms with Crippen LogP contribution in [0.5, 0.6) is 0 Å². The van der Waals surface area contributed by atoms with Gasteiger partial charge in [-0.1, -0.05) is 6.92 Å². The fourth-order valence-corrected chi connectivity index (χ4v) is 1.64. The Hall–Kier alpha value is -2.09. The van der Waals surface area contributed by atoms with Gasteiger partial charge in [0.1, 0.15) is 6.04 Å². The van der Waals surface area contributed by atoms with Gasteiger partial charge >= 0.3 is 12.0 Å². The van der Waals surface area contributed by atoms with E-state index in [4.69, 9.17) is 9.84 Å². The third-order valence-electron chi connectivity index (χ3n) is 2.64. The molecule has 20 heavy (non-hydrogen) atoms. The number of urea groups is 1. The van der Waals surface area contributed by atoms with E-state index in [-0.39, 0.29) is 12.3 Å². The summed E-state index contributed by atoms with van der Waals surface area (Å²) >= 11 is 0. The molecule has 0 aliphatic rings. The number of nitrogens with zero attached hydrogens (tertiary/aromatic N) is 1. The second-order valence-corrected chi connectivity index (χ2v) is 4.59. The van der Waals surface area contributed by atoms with E-state index < -0.39 is 18.0 Å². The number of carboxylic acids is 1. The molecule has 112 valence electrons. The van der Waals surface area contributed by atoms with Crippen LogP contribution in [-0.4, -0.2) is 53.4 Å². The van der Waals surface area contributed by atoms with E-state index in [1.165, 1.54) is 12.5 Å². The molecule has 0 aliphatic carbocycles. The molecular formula is C12H20N4O4. The zero-order valence-electron chi connectivity index (χ0n) is 11.5. The van der Waals surface area contributed by atoms with Crippen molar-refractivity contribution >= 4 is 12.0 Å². The number of carboxylic acid groups (broad SMARTS) is 1. The highest BCUT2D eigenvalue weighted by atomic mass is 16.5. The van der Waals surface area contributed by atoms with E-state index in [0.717, 1.165) is 0 Å². The van der Waals surface area contributed by atoms with Gasteiger partial charge in [-0.05, 0) is 5.92 Å². The number of methoxy groups -OCH3 is 1. The molecule has 2 amide bonds. The van der Waals surface area contributed by atoms with Crippen molar-refractivity contribution < 1.29 is 19.4 Å². The van der Waals surface area contributed by atoms with E-state index in [0.29, 0.717) is 18.8 Å². The monoisotopic (exact) mass is 284 g/mol. The molecule has 0 bridgehead atoms. The SMILES string of the molecule is COCC(C)CNC(=O)NC(Cc1cnc[nH]1)C(=O)O. The molecule has 8 nitrogen and oxygen atoms in total. The molecular weight excluding hydrogens is 264 g/mol. The average molecular weight is 284 g/mol. The number of imidazole rings is 1. The van der Waals surface area contributed by atoms with Crippen LogP contribution >= 0.6 is 0 Å². The quantitative estimate of drug-likeness (QED) is 0.535. The summed E-state index contributed by atoms with van der Waals surface area (Å²) in [6.45, 7) is 2.86. The average Bonchev–Trinajstić information content (AvgIpc) is 2.89. The molecule has 1 rings (SSSR count). The van der Waals surface area contributed by atoms with Gasteiger partial charge in [-0.15, -0.1) is 0 Å². The first-order chi connectivity index (χ1) is 9.52. The number of nitrogens with one attached hydrogen (secondary N) is 3. The van der Waals surface area contributed by atoms with Gasteiger partial charge in [-0.25, -0.2) is 14.6 Å². The lowest BCUT2D eigenvalue weighted by Crippen LogP contribution is -2.48. The zero-order valence-corrected chi connectivity index (χ0v) is 11.5. The fourth-order valence-electron chi connectivity index (χ4n) is 1.64. The van der Waals surface area contributed by atoms with Crippen LogP contribution in [-0.2, 0) is 16.0 Å². The Morgan fingerprint density at radius 1 is 1.55 bits per heavy atom. The molecule has 1 aromatic rings. The molecule has 0 fully saturated rings. The number of hydrogen-bond acceptors (Lipinski definition) is 4. The van der Waals surface area contributed by atoms with Crippen LogP contribution in [0.2, 0.25) is 0 Å². The van der Waals surface area contributed by atoms with Crippen molar-refractivity contribution in [2.24, 2.45) is 5.92 Å². The number of aromatic amines is 1. The van der Waals surface area contributed by atoms with Crippen molar-refractivity contribution in [3.63, 3.8) is 0 Å². The van der Waals surface area contributed by atoms with Crippen LogP contribution < -0.4 is 10.6 Å². The van der Waals surface area contributed by atoms with E-state index in [1.807, 2.05) is 6.92 Å². The molecule has 0 radical (unpaired) electrons.